The lowest BCUT2D eigenvalue weighted by molar-refractivity contribution is 0.0600. The first-order chi connectivity index (χ1) is 8.20. The number of aromatic hydroxyl groups is 1. The number of carbonyl (C=O) groups is 1. The van der Waals surface area contributed by atoms with E-state index in [-0.39, 0.29) is 5.75 Å². The van der Waals surface area contributed by atoms with Crippen LogP contribution in [0.25, 0.3) is 11.1 Å². The van der Waals surface area contributed by atoms with Crippen LogP contribution in [0.15, 0.2) is 42.7 Å². The van der Waals surface area contributed by atoms with E-state index < -0.39 is 5.97 Å². The van der Waals surface area contributed by atoms with Crippen molar-refractivity contribution >= 4 is 5.97 Å². The van der Waals surface area contributed by atoms with Crippen LogP contribution >= 0.6 is 0 Å². The summed E-state index contributed by atoms with van der Waals surface area (Å²) in [7, 11) is 1.30. The molecule has 0 radical (unpaired) electrons. The third kappa shape index (κ3) is 2.42. The number of aromatic nitrogens is 1. The molecule has 2 rings (SSSR count). The van der Waals surface area contributed by atoms with E-state index in [0.29, 0.717) is 5.56 Å². The summed E-state index contributed by atoms with van der Waals surface area (Å²) in [4.78, 5) is 15.4. The Bertz CT molecular complexity index is 538. The van der Waals surface area contributed by atoms with Gasteiger partial charge in [0.25, 0.3) is 0 Å². The van der Waals surface area contributed by atoms with Crippen molar-refractivity contribution < 1.29 is 14.6 Å². The fourth-order valence-electron chi connectivity index (χ4n) is 1.55. The monoisotopic (exact) mass is 229 g/mol. The topological polar surface area (TPSA) is 59.4 Å². The Morgan fingerprint density at radius 3 is 2.76 bits per heavy atom. The molecule has 0 amide bonds. The second-order valence-electron chi connectivity index (χ2n) is 3.50. The molecule has 0 atom stereocenters. The molecule has 1 heterocycles. The summed E-state index contributed by atoms with van der Waals surface area (Å²) in [5, 5.41) is 9.57. The van der Waals surface area contributed by atoms with Crippen molar-refractivity contribution in [3.8, 4) is 16.9 Å². The standard InChI is InChI=1S/C13H11NO3/c1-17-13(16)11-5-10(6-12(15)7-11)9-3-2-4-14-8-9/h2-8,15H,1H3. The van der Waals surface area contributed by atoms with E-state index in [9.17, 15) is 9.90 Å². The molecule has 0 aliphatic carbocycles. The van der Waals surface area contributed by atoms with Crippen LogP contribution in [-0.2, 0) is 4.74 Å². The van der Waals surface area contributed by atoms with Gasteiger partial charge >= 0.3 is 5.97 Å². The SMILES string of the molecule is COC(=O)c1cc(O)cc(-c2cccnc2)c1. The van der Waals surface area contributed by atoms with Crippen molar-refractivity contribution in [1.82, 2.24) is 4.98 Å². The number of hydrogen-bond donors (Lipinski definition) is 1. The van der Waals surface area contributed by atoms with Crippen LogP contribution in [0.4, 0.5) is 0 Å². The van der Waals surface area contributed by atoms with Gasteiger partial charge in [0, 0.05) is 18.0 Å². The summed E-state index contributed by atoms with van der Waals surface area (Å²) < 4.78 is 4.62. The summed E-state index contributed by atoms with van der Waals surface area (Å²) >= 11 is 0. The molecule has 0 aliphatic rings. The van der Waals surface area contributed by atoms with Crippen molar-refractivity contribution in [1.29, 1.82) is 0 Å². The maximum atomic E-state index is 11.4. The number of hydrogen-bond acceptors (Lipinski definition) is 4. The molecular formula is C13H11NO3. The highest BCUT2D eigenvalue weighted by molar-refractivity contribution is 5.91. The fourth-order valence-corrected chi connectivity index (χ4v) is 1.55. The number of pyridine rings is 1. The smallest absolute Gasteiger partial charge is 0.338 e. The van der Waals surface area contributed by atoms with Crippen LogP contribution in [0.5, 0.6) is 5.75 Å². The lowest BCUT2D eigenvalue weighted by atomic mass is 10.0. The molecule has 0 fully saturated rings. The van der Waals surface area contributed by atoms with E-state index in [4.69, 9.17) is 0 Å². The number of carbonyl (C=O) groups excluding carboxylic acids is 1. The molecule has 0 unspecified atom stereocenters. The predicted octanol–water partition coefficient (Wildman–Crippen LogP) is 2.24. The normalized spacial score (nSPS) is 9.94. The highest BCUT2D eigenvalue weighted by atomic mass is 16.5. The highest BCUT2D eigenvalue weighted by Crippen LogP contribution is 2.25. The van der Waals surface area contributed by atoms with Gasteiger partial charge in [0.15, 0.2) is 0 Å². The van der Waals surface area contributed by atoms with Crippen molar-refractivity contribution in [2.75, 3.05) is 7.11 Å². The Balaban J connectivity index is 2.49. The molecule has 0 bridgehead atoms. The number of nitrogens with zero attached hydrogens (tertiary/aromatic N) is 1. The van der Waals surface area contributed by atoms with E-state index in [2.05, 4.69) is 9.72 Å². The average Bonchev–Trinajstić information content (AvgIpc) is 2.38. The van der Waals surface area contributed by atoms with Gasteiger partial charge in [0.05, 0.1) is 12.7 Å². The van der Waals surface area contributed by atoms with Crippen molar-refractivity contribution in [3.63, 3.8) is 0 Å². The van der Waals surface area contributed by atoms with Crippen LogP contribution in [-0.4, -0.2) is 23.2 Å². The maximum Gasteiger partial charge on any atom is 0.338 e. The zero-order valence-corrected chi connectivity index (χ0v) is 9.25. The lowest BCUT2D eigenvalue weighted by Crippen LogP contribution is -2.01. The first-order valence-corrected chi connectivity index (χ1v) is 5.03. The molecule has 17 heavy (non-hydrogen) atoms. The van der Waals surface area contributed by atoms with Gasteiger partial charge in [-0.2, -0.15) is 0 Å². The minimum absolute atomic E-state index is 0.0201. The maximum absolute atomic E-state index is 11.4. The van der Waals surface area contributed by atoms with E-state index in [1.165, 1.54) is 13.2 Å². The van der Waals surface area contributed by atoms with Gasteiger partial charge in [-0.1, -0.05) is 6.07 Å². The molecule has 0 saturated carbocycles. The fraction of sp³-hybridized carbons (Fsp3) is 0.0769. The molecule has 1 N–H and O–H groups in total. The minimum atomic E-state index is -0.481. The third-order valence-corrected chi connectivity index (χ3v) is 2.33. The molecule has 4 heteroatoms. The molecule has 0 spiro atoms. The highest BCUT2D eigenvalue weighted by Gasteiger charge is 2.09. The molecule has 0 saturated heterocycles. The molecule has 2 aromatic rings. The van der Waals surface area contributed by atoms with Gasteiger partial charge in [-0.3, -0.25) is 4.98 Å². The van der Waals surface area contributed by atoms with Gasteiger partial charge in [0.2, 0.25) is 0 Å². The zero-order chi connectivity index (χ0) is 12.3. The Morgan fingerprint density at radius 2 is 2.12 bits per heavy atom. The third-order valence-electron chi connectivity index (χ3n) is 2.33. The Labute approximate surface area is 98.5 Å². The van der Waals surface area contributed by atoms with Gasteiger partial charge in [0.1, 0.15) is 5.75 Å². The number of phenols is 1. The molecule has 1 aromatic carbocycles. The van der Waals surface area contributed by atoms with Crippen LogP contribution in [0.2, 0.25) is 0 Å². The van der Waals surface area contributed by atoms with Crippen LogP contribution in [0.1, 0.15) is 10.4 Å². The molecule has 86 valence electrons. The first kappa shape index (κ1) is 11.1. The number of esters is 1. The summed E-state index contributed by atoms with van der Waals surface area (Å²) in [5.74, 6) is -0.460. The second kappa shape index (κ2) is 4.65. The summed E-state index contributed by atoms with van der Waals surface area (Å²) in [6.45, 7) is 0. The van der Waals surface area contributed by atoms with Crippen molar-refractivity contribution in [2.45, 2.75) is 0 Å². The van der Waals surface area contributed by atoms with Crippen LogP contribution in [0.3, 0.4) is 0 Å². The Morgan fingerprint density at radius 1 is 1.29 bits per heavy atom. The minimum Gasteiger partial charge on any atom is -0.508 e. The first-order valence-electron chi connectivity index (χ1n) is 5.03. The second-order valence-corrected chi connectivity index (χ2v) is 3.50. The lowest BCUT2D eigenvalue weighted by Gasteiger charge is -2.05. The van der Waals surface area contributed by atoms with Gasteiger partial charge < -0.3 is 9.84 Å². The molecule has 1 aromatic heterocycles. The van der Waals surface area contributed by atoms with Gasteiger partial charge in [-0.25, -0.2) is 4.79 Å². The number of methoxy groups -OCH3 is 1. The Hall–Kier alpha value is -2.36. The predicted molar refractivity (Wildman–Crippen MR) is 62.7 cm³/mol. The largest absolute Gasteiger partial charge is 0.508 e. The number of phenolic OH excluding ortho intramolecular Hbond substituents is 1. The van der Waals surface area contributed by atoms with E-state index in [1.807, 2.05) is 6.07 Å². The molecule has 0 aliphatic heterocycles. The van der Waals surface area contributed by atoms with E-state index >= 15 is 0 Å². The number of ether oxygens (including phenoxy) is 1. The average molecular weight is 229 g/mol. The Kier molecular flexibility index (Phi) is 3.05. The number of benzene rings is 1. The van der Waals surface area contributed by atoms with Gasteiger partial charge in [-0.05, 0) is 29.8 Å². The van der Waals surface area contributed by atoms with E-state index in [1.54, 1.807) is 30.6 Å². The van der Waals surface area contributed by atoms with Crippen molar-refractivity contribution in [3.05, 3.63) is 48.3 Å². The van der Waals surface area contributed by atoms with Gasteiger partial charge in [-0.15, -0.1) is 0 Å². The molecular weight excluding hydrogens is 218 g/mol. The molecule has 4 nitrogen and oxygen atoms in total. The summed E-state index contributed by atoms with van der Waals surface area (Å²) in [6, 6.07) is 8.23. The summed E-state index contributed by atoms with van der Waals surface area (Å²) in [6.07, 6.45) is 3.32. The van der Waals surface area contributed by atoms with Crippen LogP contribution in [0, 0.1) is 0 Å². The van der Waals surface area contributed by atoms with E-state index in [0.717, 1.165) is 11.1 Å². The summed E-state index contributed by atoms with van der Waals surface area (Å²) in [5.41, 5.74) is 1.86. The van der Waals surface area contributed by atoms with Crippen LogP contribution < -0.4 is 0 Å². The zero-order valence-electron chi connectivity index (χ0n) is 9.25. The van der Waals surface area contributed by atoms with Crippen molar-refractivity contribution in [2.24, 2.45) is 0 Å². The quantitative estimate of drug-likeness (QED) is 0.802. The number of rotatable bonds is 2.